The molecule has 1 aliphatic rings. The highest BCUT2D eigenvalue weighted by molar-refractivity contribution is 7.16. The zero-order chi connectivity index (χ0) is 19.0. The minimum Gasteiger partial charge on any atom is -0.472 e. The quantitative estimate of drug-likeness (QED) is 0.617. The Balaban J connectivity index is 1.44. The smallest absolute Gasteiger partial charge is 0.319 e. The van der Waals surface area contributed by atoms with E-state index in [2.05, 4.69) is 26.0 Å². The zero-order valence-electron chi connectivity index (χ0n) is 14.8. The van der Waals surface area contributed by atoms with Crippen molar-refractivity contribution in [3.05, 3.63) is 52.3 Å². The van der Waals surface area contributed by atoms with Gasteiger partial charge in [-0.3, -0.25) is 4.79 Å². The van der Waals surface area contributed by atoms with E-state index in [4.69, 9.17) is 4.42 Å². The van der Waals surface area contributed by atoms with Crippen LogP contribution >= 0.6 is 11.3 Å². The third-order valence-electron chi connectivity index (χ3n) is 4.25. The second-order valence-electron chi connectivity index (χ2n) is 6.21. The van der Waals surface area contributed by atoms with Gasteiger partial charge in [-0.25, -0.2) is 14.3 Å². The van der Waals surface area contributed by atoms with Crippen molar-refractivity contribution in [3.63, 3.8) is 0 Å². The van der Waals surface area contributed by atoms with Crippen molar-refractivity contribution < 1.29 is 14.0 Å². The molecule has 1 aliphatic heterocycles. The molecule has 0 aromatic carbocycles. The zero-order valence-corrected chi connectivity index (χ0v) is 15.6. The van der Waals surface area contributed by atoms with Crippen LogP contribution in [0.1, 0.15) is 29.2 Å². The molecule has 1 atom stereocenters. The normalized spacial score (nSPS) is 17.1. The molecule has 0 unspecified atom stereocenters. The van der Waals surface area contributed by atoms with E-state index in [1.165, 1.54) is 23.9 Å². The summed E-state index contributed by atoms with van der Waals surface area (Å²) in [5.74, 6) is -0.249. The van der Waals surface area contributed by atoms with Crippen molar-refractivity contribution >= 4 is 28.2 Å². The molecule has 9 nitrogen and oxygen atoms in total. The van der Waals surface area contributed by atoms with E-state index in [9.17, 15) is 9.59 Å². The van der Waals surface area contributed by atoms with Gasteiger partial charge in [-0.1, -0.05) is 11.3 Å². The summed E-state index contributed by atoms with van der Waals surface area (Å²) in [7, 11) is 0. The second kappa shape index (κ2) is 6.88. The lowest BCUT2D eigenvalue weighted by atomic mass is 9.97. The summed E-state index contributed by atoms with van der Waals surface area (Å²) in [6, 6.07) is 0.822. The van der Waals surface area contributed by atoms with Gasteiger partial charge in [0.15, 0.2) is 0 Å². The number of urea groups is 1. The molecule has 0 saturated carbocycles. The first-order chi connectivity index (χ1) is 13.0. The number of furan rings is 1. The third-order valence-corrected chi connectivity index (χ3v) is 5.09. The highest BCUT2D eigenvalue weighted by atomic mass is 32.1. The number of nitrogens with one attached hydrogen (secondary N) is 3. The molecule has 0 spiro atoms. The largest absolute Gasteiger partial charge is 0.472 e. The van der Waals surface area contributed by atoms with Gasteiger partial charge < -0.3 is 20.4 Å². The molecule has 0 saturated heterocycles. The molecule has 0 aliphatic carbocycles. The Labute approximate surface area is 158 Å². The highest BCUT2D eigenvalue weighted by Crippen LogP contribution is 2.26. The molecule has 3 N–H and O–H groups in total. The standard InChI is InChI=1S/C17H18N6O3S/c1-9-13(14(21-16(25)19-9)11-4-6-26-8-11)15(24)18-5-3-12-7-23-17(20-12)27-10(2)22-23/h4,6-8,14H,3,5H2,1-2H3,(H,18,24)(H2,19,21,25)/t14-/m0/s1. The van der Waals surface area contributed by atoms with Gasteiger partial charge in [0.1, 0.15) is 5.01 Å². The first-order valence-corrected chi connectivity index (χ1v) is 9.23. The van der Waals surface area contributed by atoms with Crippen LogP contribution in [0.4, 0.5) is 4.79 Å². The van der Waals surface area contributed by atoms with Crippen LogP contribution in [0, 0.1) is 6.92 Å². The number of aryl methyl sites for hydroxylation is 1. The Morgan fingerprint density at radius 2 is 2.30 bits per heavy atom. The fraction of sp³-hybridized carbons (Fsp3) is 0.294. The van der Waals surface area contributed by atoms with Gasteiger partial charge in [-0.15, -0.1) is 0 Å². The number of aromatic nitrogens is 3. The lowest BCUT2D eigenvalue weighted by Gasteiger charge is -2.27. The van der Waals surface area contributed by atoms with Crippen molar-refractivity contribution in [2.24, 2.45) is 0 Å². The van der Waals surface area contributed by atoms with Crippen LogP contribution < -0.4 is 16.0 Å². The molecule has 4 rings (SSSR count). The molecule has 0 radical (unpaired) electrons. The number of carbonyl (C=O) groups excluding carboxylic acids is 2. The van der Waals surface area contributed by atoms with E-state index in [1.807, 2.05) is 13.1 Å². The maximum Gasteiger partial charge on any atom is 0.319 e. The Kier molecular flexibility index (Phi) is 4.40. The SMILES string of the molecule is CC1=C(C(=O)NCCc2cn3nc(C)sc3n2)[C@H](c2ccoc2)NC(=O)N1. The van der Waals surface area contributed by atoms with E-state index in [-0.39, 0.29) is 11.9 Å². The Hall–Kier alpha value is -3.14. The van der Waals surface area contributed by atoms with Gasteiger partial charge in [0.2, 0.25) is 4.96 Å². The average Bonchev–Trinajstić information content (AvgIpc) is 3.30. The lowest BCUT2D eigenvalue weighted by Crippen LogP contribution is -2.47. The van der Waals surface area contributed by atoms with Crippen molar-refractivity contribution in [2.75, 3.05) is 6.54 Å². The van der Waals surface area contributed by atoms with Crippen molar-refractivity contribution in [3.8, 4) is 0 Å². The number of carbonyl (C=O) groups is 2. The first kappa shape index (κ1) is 17.3. The summed E-state index contributed by atoms with van der Waals surface area (Å²) in [6.45, 7) is 4.06. The second-order valence-corrected chi connectivity index (χ2v) is 7.37. The van der Waals surface area contributed by atoms with Crippen LogP contribution in [0.2, 0.25) is 0 Å². The average molecular weight is 386 g/mol. The molecule has 3 amide bonds. The van der Waals surface area contributed by atoms with Crippen LogP contribution in [0.15, 0.2) is 40.5 Å². The Morgan fingerprint density at radius 1 is 1.44 bits per heavy atom. The number of fused-ring (bicyclic) bond motifs is 1. The number of nitrogens with zero attached hydrogens (tertiary/aromatic N) is 3. The number of allylic oxidation sites excluding steroid dienone is 1. The Bertz CT molecular complexity index is 1000. The molecule has 3 aromatic rings. The van der Waals surface area contributed by atoms with Gasteiger partial charge in [0.25, 0.3) is 5.91 Å². The fourth-order valence-corrected chi connectivity index (χ4v) is 3.79. The van der Waals surface area contributed by atoms with E-state index in [0.717, 1.165) is 15.7 Å². The van der Waals surface area contributed by atoms with Crippen LogP contribution in [-0.4, -0.2) is 33.1 Å². The molecule has 140 valence electrons. The molecule has 10 heteroatoms. The van der Waals surface area contributed by atoms with Gasteiger partial charge in [-0.05, 0) is 19.9 Å². The van der Waals surface area contributed by atoms with Gasteiger partial charge in [0, 0.05) is 24.2 Å². The van der Waals surface area contributed by atoms with Crippen LogP contribution in [-0.2, 0) is 11.2 Å². The number of rotatable bonds is 5. The minimum atomic E-state index is -0.553. The highest BCUT2D eigenvalue weighted by Gasteiger charge is 2.31. The minimum absolute atomic E-state index is 0.249. The van der Waals surface area contributed by atoms with E-state index >= 15 is 0 Å². The molecule has 0 bridgehead atoms. The maximum atomic E-state index is 12.8. The molecule has 4 heterocycles. The summed E-state index contributed by atoms with van der Waals surface area (Å²) < 4.78 is 6.84. The summed E-state index contributed by atoms with van der Waals surface area (Å²) in [5, 5.41) is 13.6. The van der Waals surface area contributed by atoms with E-state index in [0.29, 0.717) is 29.8 Å². The Morgan fingerprint density at radius 3 is 3.04 bits per heavy atom. The molecular weight excluding hydrogens is 368 g/mol. The first-order valence-electron chi connectivity index (χ1n) is 8.41. The summed E-state index contributed by atoms with van der Waals surface area (Å²) in [4.78, 5) is 29.9. The van der Waals surface area contributed by atoms with Gasteiger partial charge in [0.05, 0.1) is 36.0 Å². The van der Waals surface area contributed by atoms with E-state index < -0.39 is 6.04 Å². The fourth-order valence-electron chi connectivity index (χ4n) is 3.05. The van der Waals surface area contributed by atoms with E-state index in [1.54, 1.807) is 17.5 Å². The van der Waals surface area contributed by atoms with Gasteiger partial charge >= 0.3 is 6.03 Å². The van der Waals surface area contributed by atoms with Crippen LogP contribution in [0.3, 0.4) is 0 Å². The molecular formula is C17H18N6O3S. The van der Waals surface area contributed by atoms with Crippen molar-refractivity contribution in [2.45, 2.75) is 26.3 Å². The number of hydrogen-bond donors (Lipinski definition) is 3. The number of imidazole rings is 1. The monoisotopic (exact) mass is 386 g/mol. The number of hydrogen-bond acceptors (Lipinski definition) is 6. The predicted octanol–water partition coefficient (Wildman–Crippen LogP) is 1.68. The lowest BCUT2D eigenvalue weighted by molar-refractivity contribution is -0.117. The van der Waals surface area contributed by atoms with Crippen LogP contribution in [0.25, 0.3) is 4.96 Å². The van der Waals surface area contributed by atoms with Gasteiger partial charge in [-0.2, -0.15) is 5.10 Å². The van der Waals surface area contributed by atoms with Crippen molar-refractivity contribution in [1.29, 1.82) is 0 Å². The number of amides is 3. The summed E-state index contributed by atoms with van der Waals surface area (Å²) in [6.07, 6.45) is 5.48. The molecule has 3 aromatic heterocycles. The third kappa shape index (κ3) is 3.43. The predicted molar refractivity (Wildman–Crippen MR) is 98.1 cm³/mol. The maximum absolute atomic E-state index is 12.8. The van der Waals surface area contributed by atoms with Crippen molar-refractivity contribution in [1.82, 2.24) is 30.5 Å². The summed E-state index contributed by atoms with van der Waals surface area (Å²) in [5.41, 5.74) is 2.55. The topological polar surface area (TPSA) is 114 Å². The molecule has 27 heavy (non-hydrogen) atoms. The summed E-state index contributed by atoms with van der Waals surface area (Å²) >= 11 is 1.52. The molecule has 0 fully saturated rings. The van der Waals surface area contributed by atoms with Crippen LogP contribution in [0.5, 0.6) is 0 Å².